The van der Waals surface area contributed by atoms with Gasteiger partial charge in [-0.15, -0.1) is 11.8 Å². The highest BCUT2D eigenvalue weighted by Gasteiger charge is 2.18. The van der Waals surface area contributed by atoms with Gasteiger partial charge in [-0.2, -0.15) is 0 Å². The number of quaternary nitrogens is 1. The van der Waals surface area contributed by atoms with Crippen molar-refractivity contribution in [2.45, 2.75) is 23.8 Å². The Morgan fingerprint density at radius 1 is 1.29 bits per heavy atom. The standard InChI is InChI=1S/C17H25N3O3S/c1-20(11-16(21)18-10-13-6-5-9-23-13)12-17(22)19-14-7-3-4-8-15(14)24-2/h3-4,7-8,13H,5-6,9-12H2,1-2H3,(H,18,21)(H,19,22)/p+1/t13-/m1/s1. The van der Waals surface area contributed by atoms with Crippen molar-refractivity contribution < 1.29 is 19.2 Å². The number of nitrogens with one attached hydrogen (secondary N) is 3. The molecule has 7 heteroatoms. The van der Waals surface area contributed by atoms with Crippen LogP contribution in [0.3, 0.4) is 0 Å². The molecule has 6 nitrogen and oxygen atoms in total. The van der Waals surface area contributed by atoms with Gasteiger partial charge in [-0.05, 0) is 31.2 Å². The Bertz CT molecular complexity index is 562. The minimum absolute atomic E-state index is 0.0553. The van der Waals surface area contributed by atoms with Crippen LogP contribution in [0.5, 0.6) is 0 Å². The summed E-state index contributed by atoms with van der Waals surface area (Å²) in [5, 5.41) is 5.79. The molecular formula is C17H26N3O3S+. The number of benzene rings is 1. The molecule has 132 valence electrons. The minimum atomic E-state index is -0.0964. The summed E-state index contributed by atoms with van der Waals surface area (Å²) in [7, 11) is 1.84. The molecule has 1 aromatic rings. The van der Waals surface area contributed by atoms with Gasteiger partial charge >= 0.3 is 0 Å². The highest BCUT2D eigenvalue weighted by atomic mass is 32.2. The summed E-state index contributed by atoms with van der Waals surface area (Å²) in [5.41, 5.74) is 0.811. The first-order valence-corrected chi connectivity index (χ1v) is 9.43. The van der Waals surface area contributed by atoms with E-state index in [9.17, 15) is 9.59 Å². The first-order valence-electron chi connectivity index (χ1n) is 8.21. The lowest BCUT2D eigenvalue weighted by atomic mass is 10.2. The molecule has 1 aliphatic rings. The summed E-state index contributed by atoms with van der Waals surface area (Å²) >= 11 is 1.59. The maximum absolute atomic E-state index is 12.1. The number of amides is 2. The van der Waals surface area contributed by atoms with Gasteiger partial charge < -0.3 is 20.3 Å². The van der Waals surface area contributed by atoms with Crippen molar-refractivity contribution in [1.82, 2.24) is 5.32 Å². The number of rotatable bonds is 8. The molecular weight excluding hydrogens is 326 g/mol. The Kier molecular flexibility index (Phi) is 7.55. The van der Waals surface area contributed by atoms with Crippen molar-refractivity contribution in [3.63, 3.8) is 0 Å². The van der Waals surface area contributed by atoms with Crippen LogP contribution in [0.4, 0.5) is 5.69 Å². The van der Waals surface area contributed by atoms with Gasteiger partial charge in [0.1, 0.15) is 0 Å². The van der Waals surface area contributed by atoms with E-state index in [-0.39, 0.29) is 31.0 Å². The molecule has 0 bridgehead atoms. The van der Waals surface area contributed by atoms with Crippen LogP contribution >= 0.6 is 11.8 Å². The van der Waals surface area contributed by atoms with E-state index in [4.69, 9.17) is 4.74 Å². The van der Waals surface area contributed by atoms with Gasteiger partial charge in [0.05, 0.1) is 18.8 Å². The van der Waals surface area contributed by atoms with E-state index in [0.29, 0.717) is 6.54 Å². The molecule has 0 spiro atoms. The molecule has 2 atom stereocenters. The molecule has 0 radical (unpaired) electrons. The molecule has 2 amide bonds. The molecule has 1 aliphatic heterocycles. The molecule has 1 unspecified atom stereocenters. The lowest BCUT2D eigenvalue weighted by molar-refractivity contribution is -0.862. The van der Waals surface area contributed by atoms with Crippen LogP contribution in [-0.2, 0) is 14.3 Å². The quantitative estimate of drug-likeness (QED) is 0.583. The summed E-state index contributed by atoms with van der Waals surface area (Å²) in [6, 6.07) is 7.68. The fourth-order valence-corrected chi connectivity index (χ4v) is 3.20. The highest BCUT2D eigenvalue weighted by molar-refractivity contribution is 7.98. The number of para-hydroxylation sites is 1. The number of carbonyl (C=O) groups excluding carboxylic acids is 2. The van der Waals surface area contributed by atoms with E-state index in [1.54, 1.807) is 11.8 Å². The molecule has 24 heavy (non-hydrogen) atoms. The van der Waals surface area contributed by atoms with E-state index in [1.807, 2.05) is 37.6 Å². The van der Waals surface area contributed by atoms with Gasteiger partial charge in [-0.3, -0.25) is 9.59 Å². The number of hydrogen-bond acceptors (Lipinski definition) is 4. The summed E-state index contributed by atoms with van der Waals surface area (Å²) < 4.78 is 5.47. The SMILES string of the molecule is CSc1ccccc1NC(=O)C[NH+](C)CC(=O)NC[C@H]1CCCO1. The molecule has 1 heterocycles. The molecule has 0 aliphatic carbocycles. The van der Waals surface area contributed by atoms with Gasteiger partial charge in [-0.25, -0.2) is 0 Å². The number of likely N-dealkylation sites (N-methyl/N-ethyl adjacent to an activating group) is 1. The third kappa shape index (κ3) is 6.14. The summed E-state index contributed by atoms with van der Waals surface area (Å²) in [5.74, 6) is -0.152. The van der Waals surface area contributed by atoms with Crippen LogP contribution in [0.15, 0.2) is 29.2 Å². The van der Waals surface area contributed by atoms with Crippen molar-refractivity contribution >= 4 is 29.3 Å². The lowest BCUT2D eigenvalue weighted by Crippen LogP contribution is -3.11. The fourth-order valence-electron chi connectivity index (χ4n) is 2.65. The van der Waals surface area contributed by atoms with Crippen molar-refractivity contribution in [2.24, 2.45) is 0 Å². The summed E-state index contributed by atoms with van der Waals surface area (Å²) in [4.78, 5) is 25.9. The smallest absolute Gasteiger partial charge is 0.279 e. The Labute approximate surface area is 147 Å². The normalized spacial score (nSPS) is 18.2. The Morgan fingerprint density at radius 2 is 2.04 bits per heavy atom. The van der Waals surface area contributed by atoms with Crippen LogP contribution < -0.4 is 15.5 Å². The van der Waals surface area contributed by atoms with Crippen molar-refractivity contribution in [3.05, 3.63) is 24.3 Å². The Balaban J connectivity index is 1.71. The molecule has 1 saturated heterocycles. The second-order valence-corrected chi connectivity index (χ2v) is 6.85. The van der Waals surface area contributed by atoms with Gasteiger partial charge in [0.25, 0.3) is 11.8 Å². The van der Waals surface area contributed by atoms with Crippen molar-refractivity contribution in [2.75, 3.05) is 44.9 Å². The van der Waals surface area contributed by atoms with E-state index < -0.39 is 0 Å². The number of thioether (sulfide) groups is 1. The van der Waals surface area contributed by atoms with E-state index >= 15 is 0 Å². The number of ether oxygens (including phenoxy) is 1. The van der Waals surface area contributed by atoms with Crippen LogP contribution in [-0.4, -0.2) is 57.5 Å². The molecule has 3 N–H and O–H groups in total. The van der Waals surface area contributed by atoms with Gasteiger partial charge in [0.15, 0.2) is 13.1 Å². The Morgan fingerprint density at radius 3 is 2.75 bits per heavy atom. The minimum Gasteiger partial charge on any atom is -0.376 e. The predicted molar refractivity (Wildman–Crippen MR) is 95.5 cm³/mol. The fraction of sp³-hybridized carbons (Fsp3) is 0.529. The first kappa shape index (κ1) is 18.8. The first-order chi connectivity index (χ1) is 11.6. The monoisotopic (exact) mass is 352 g/mol. The van der Waals surface area contributed by atoms with Crippen LogP contribution in [0.1, 0.15) is 12.8 Å². The van der Waals surface area contributed by atoms with Gasteiger partial charge in [0.2, 0.25) is 0 Å². The second kappa shape index (κ2) is 9.66. The summed E-state index contributed by atoms with van der Waals surface area (Å²) in [6.45, 7) is 1.85. The maximum Gasteiger partial charge on any atom is 0.279 e. The van der Waals surface area contributed by atoms with Gasteiger partial charge in [0, 0.05) is 18.0 Å². The predicted octanol–water partition coefficient (Wildman–Crippen LogP) is 0.157. The zero-order valence-corrected chi connectivity index (χ0v) is 15.1. The van der Waals surface area contributed by atoms with Crippen molar-refractivity contribution in [3.8, 4) is 0 Å². The molecule has 2 rings (SSSR count). The van der Waals surface area contributed by atoms with Gasteiger partial charge in [-0.1, -0.05) is 12.1 Å². The molecule has 0 saturated carbocycles. The highest BCUT2D eigenvalue weighted by Crippen LogP contribution is 2.24. The van der Waals surface area contributed by atoms with Crippen LogP contribution in [0.2, 0.25) is 0 Å². The topological polar surface area (TPSA) is 71.9 Å². The van der Waals surface area contributed by atoms with Crippen LogP contribution in [0.25, 0.3) is 0 Å². The van der Waals surface area contributed by atoms with Crippen molar-refractivity contribution in [1.29, 1.82) is 0 Å². The number of anilines is 1. The average Bonchev–Trinajstić information content (AvgIpc) is 3.06. The third-order valence-electron chi connectivity index (χ3n) is 3.86. The maximum atomic E-state index is 12.1. The zero-order chi connectivity index (χ0) is 17.4. The summed E-state index contributed by atoms with van der Waals surface area (Å²) in [6.07, 6.45) is 4.17. The largest absolute Gasteiger partial charge is 0.376 e. The van der Waals surface area contributed by atoms with Crippen LogP contribution in [0, 0.1) is 0 Å². The third-order valence-corrected chi connectivity index (χ3v) is 4.65. The average molecular weight is 352 g/mol. The lowest BCUT2D eigenvalue weighted by Gasteiger charge is -2.15. The molecule has 0 aromatic heterocycles. The van der Waals surface area contributed by atoms with E-state index in [2.05, 4.69) is 10.6 Å². The van der Waals surface area contributed by atoms with E-state index in [1.165, 1.54) is 0 Å². The number of carbonyl (C=O) groups is 2. The zero-order valence-electron chi connectivity index (χ0n) is 14.3. The molecule has 1 aromatic carbocycles. The van der Waals surface area contributed by atoms with E-state index in [0.717, 1.165) is 34.9 Å². The Hall–Kier alpha value is -1.57. The second-order valence-electron chi connectivity index (χ2n) is 6.00. The number of hydrogen-bond donors (Lipinski definition) is 3. The molecule has 1 fully saturated rings.